The number of quaternary nitrogens is 2. The minimum absolute atomic E-state index is 0.119. The number of benzene rings is 2. The Morgan fingerprint density at radius 3 is 1.28 bits per heavy atom. The molecule has 0 aliphatic carbocycles. The lowest BCUT2D eigenvalue weighted by Gasteiger charge is -2.51. The van der Waals surface area contributed by atoms with Crippen LogP contribution in [0.4, 0.5) is 0 Å². The van der Waals surface area contributed by atoms with Gasteiger partial charge < -0.3 is 28.7 Å². The average Bonchev–Trinajstić information content (AvgIpc) is 2.89. The van der Waals surface area contributed by atoms with Gasteiger partial charge in [0.1, 0.15) is 63.1 Å². The Kier molecular flexibility index (Phi) is 6.71. The summed E-state index contributed by atoms with van der Waals surface area (Å²) < 4.78 is 13.9. The molecule has 2 atom stereocenters. The molecule has 0 radical (unpaired) electrons. The van der Waals surface area contributed by atoms with Crippen molar-refractivity contribution >= 4 is 0 Å². The highest BCUT2D eigenvalue weighted by Crippen LogP contribution is 2.36. The number of fused-ring (bicyclic) bond motifs is 6. The zero-order valence-corrected chi connectivity index (χ0v) is 21.4. The lowest BCUT2D eigenvalue weighted by molar-refractivity contribution is -0.958. The number of piperidine rings is 6. The molecule has 2 N–H and O–H groups in total. The minimum Gasteiger partial charge on any atom is -0.490 e. The monoisotopic (exact) mass is 494 g/mol. The van der Waals surface area contributed by atoms with Gasteiger partial charge in [0.15, 0.2) is 0 Å². The summed E-state index contributed by atoms with van der Waals surface area (Å²) in [6.07, 6.45) is 4.41. The zero-order valence-electron chi connectivity index (χ0n) is 21.4. The fraction of sp³-hybridized carbons (Fsp3) is 0.600. The molecule has 0 amide bonds. The Morgan fingerprint density at radius 2 is 0.944 bits per heavy atom. The van der Waals surface area contributed by atoms with Crippen LogP contribution in [0.5, 0.6) is 11.5 Å². The topological polar surface area (TPSA) is 58.9 Å². The Morgan fingerprint density at radius 1 is 0.583 bits per heavy atom. The molecule has 6 aliphatic heterocycles. The fourth-order valence-corrected chi connectivity index (χ4v) is 7.42. The first-order valence-electron chi connectivity index (χ1n) is 14.0. The first-order valence-corrected chi connectivity index (χ1v) is 14.0. The second-order valence-electron chi connectivity index (χ2n) is 12.1. The molecule has 36 heavy (non-hydrogen) atoms. The molecule has 2 unspecified atom stereocenters. The molecule has 6 fully saturated rings. The van der Waals surface area contributed by atoms with Gasteiger partial charge in [-0.1, -0.05) is 0 Å². The quantitative estimate of drug-likeness (QED) is 0.415. The molecule has 6 heterocycles. The molecular formula is C30H42N2O4+2. The van der Waals surface area contributed by atoms with Crippen molar-refractivity contribution in [2.24, 2.45) is 11.8 Å². The minimum atomic E-state index is -0.119. The Hall–Kier alpha value is -2.12. The fourth-order valence-electron chi connectivity index (χ4n) is 7.42. The van der Waals surface area contributed by atoms with Gasteiger partial charge in [0.25, 0.3) is 0 Å². The van der Waals surface area contributed by atoms with Crippen LogP contribution in [-0.2, 0) is 13.1 Å². The SMILES string of the molecule is OC1C[N+]2(Cc3ccc(OCCOc4ccc(C[N+]56CCC(CC5)C(O)C6)cc4)cc3)CCC1CC2. The van der Waals surface area contributed by atoms with Crippen molar-refractivity contribution in [2.45, 2.75) is 51.0 Å². The van der Waals surface area contributed by atoms with E-state index >= 15 is 0 Å². The Bertz CT molecular complexity index is 925. The smallest absolute Gasteiger partial charge is 0.122 e. The summed E-state index contributed by atoms with van der Waals surface area (Å²) in [6, 6.07) is 16.9. The van der Waals surface area contributed by atoms with E-state index in [9.17, 15) is 10.2 Å². The number of hydrogen-bond acceptors (Lipinski definition) is 4. The summed E-state index contributed by atoms with van der Waals surface area (Å²) in [5, 5.41) is 20.7. The van der Waals surface area contributed by atoms with Gasteiger partial charge in [-0.05, 0) is 48.5 Å². The van der Waals surface area contributed by atoms with Crippen LogP contribution in [0.1, 0.15) is 36.8 Å². The number of ether oxygens (including phenoxy) is 2. The molecule has 2 aromatic rings. The van der Waals surface area contributed by atoms with E-state index in [-0.39, 0.29) is 12.2 Å². The third-order valence-electron chi connectivity index (χ3n) is 9.64. The first kappa shape index (κ1) is 24.2. The second kappa shape index (κ2) is 9.97. The maximum Gasteiger partial charge on any atom is 0.122 e. The standard InChI is InChI=1S/C30H42N2O4/c33-29-21-31(13-9-25(29)10-14-31)19-23-1-5-27(6-2-23)35-17-18-36-28-7-3-24(4-8-28)20-32-15-11-26(12-16-32)30(34)22-32/h1-8,25-26,29-30,33-34H,9-22H2/q+2. The number of rotatable bonds is 9. The van der Waals surface area contributed by atoms with Crippen LogP contribution >= 0.6 is 0 Å². The van der Waals surface area contributed by atoms with E-state index < -0.39 is 0 Å². The Balaban J connectivity index is 0.939. The van der Waals surface area contributed by atoms with Gasteiger partial charge in [-0.25, -0.2) is 0 Å². The van der Waals surface area contributed by atoms with Crippen LogP contribution in [0.15, 0.2) is 48.5 Å². The third kappa shape index (κ3) is 5.14. The molecular weight excluding hydrogens is 452 g/mol. The van der Waals surface area contributed by atoms with Gasteiger partial charge in [0.05, 0.1) is 26.2 Å². The summed E-state index contributed by atoms with van der Waals surface area (Å²) in [4.78, 5) is 0. The molecule has 194 valence electrons. The number of aliphatic hydroxyl groups is 2. The van der Waals surface area contributed by atoms with E-state index in [1.165, 1.54) is 37.3 Å². The largest absolute Gasteiger partial charge is 0.490 e. The van der Waals surface area contributed by atoms with Crippen molar-refractivity contribution in [1.82, 2.24) is 0 Å². The Labute approximate surface area is 215 Å². The molecule has 0 spiro atoms. The number of nitrogens with zero attached hydrogens (tertiary/aromatic N) is 2. The maximum atomic E-state index is 10.3. The summed E-state index contributed by atoms with van der Waals surface area (Å²) in [5.41, 5.74) is 2.64. The van der Waals surface area contributed by atoms with Crippen LogP contribution in [0.2, 0.25) is 0 Å². The molecule has 6 saturated heterocycles. The van der Waals surface area contributed by atoms with Crippen molar-refractivity contribution < 1.29 is 28.7 Å². The van der Waals surface area contributed by atoms with Crippen molar-refractivity contribution in [2.75, 3.05) is 52.5 Å². The summed E-state index contributed by atoms with van der Waals surface area (Å²) in [5.74, 6) is 2.81. The average molecular weight is 495 g/mol. The molecule has 6 aliphatic rings. The molecule has 4 bridgehead atoms. The van der Waals surface area contributed by atoms with E-state index in [0.29, 0.717) is 25.0 Å². The first-order chi connectivity index (χ1) is 17.5. The van der Waals surface area contributed by atoms with Crippen molar-refractivity contribution in [3.8, 4) is 11.5 Å². The zero-order chi connectivity index (χ0) is 24.6. The highest BCUT2D eigenvalue weighted by molar-refractivity contribution is 5.28. The molecule has 8 rings (SSSR count). The summed E-state index contributed by atoms with van der Waals surface area (Å²) in [7, 11) is 0. The predicted octanol–water partition coefficient (Wildman–Crippen LogP) is 3.35. The summed E-state index contributed by atoms with van der Waals surface area (Å²) in [6.45, 7) is 9.62. The van der Waals surface area contributed by atoms with Gasteiger partial charge in [0, 0.05) is 48.6 Å². The van der Waals surface area contributed by atoms with Crippen LogP contribution in [0.25, 0.3) is 0 Å². The van der Waals surface area contributed by atoms with Crippen molar-refractivity contribution in [3.05, 3.63) is 59.7 Å². The summed E-state index contributed by atoms with van der Waals surface area (Å²) >= 11 is 0. The number of hydrogen-bond donors (Lipinski definition) is 2. The van der Waals surface area contributed by atoms with Crippen LogP contribution in [-0.4, -0.2) is 83.9 Å². The molecule has 6 nitrogen and oxygen atoms in total. The van der Waals surface area contributed by atoms with Gasteiger partial charge in [-0.2, -0.15) is 0 Å². The lowest BCUT2D eigenvalue weighted by atomic mass is 9.83. The lowest BCUT2D eigenvalue weighted by Crippen LogP contribution is -2.63. The highest BCUT2D eigenvalue weighted by atomic mass is 16.5. The van der Waals surface area contributed by atoms with E-state index in [0.717, 1.165) is 72.3 Å². The molecule has 2 aromatic carbocycles. The van der Waals surface area contributed by atoms with Gasteiger partial charge in [-0.3, -0.25) is 0 Å². The van der Waals surface area contributed by atoms with E-state index in [1.807, 2.05) is 0 Å². The molecule has 0 saturated carbocycles. The van der Waals surface area contributed by atoms with E-state index in [1.54, 1.807) is 0 Å². The van der Waals surface area contributed by atoms with Gasteiger partial charge >= 0.3 is 0 Å². The second-order valence-corrected chi connectivity index (χ2v) is 12.1. The predicted molar refractivity (Wildman–Crippen MR) is 138 cm³/mol. The molecule has 0 aromatic heterocycles. The highest BCUT2D eigenvalue weighted by Gasteiger charge is 2.46. The molecule has 6 heteroatoms. The van der Waals surface area contributed by atoms with E-state index in [2.05, 4.69) is 48.5 Å². The van der Waals surface area contributed by atoms with Gasteiger partial charge in [-0.15, -0.1) is 0 Å². The van der Waals surface area contributed by atoms with Crippen molar-refractivity contribution in [1.29, 1.82) is 0 Å². The van der Waals surface area contributed by atoms with Crippen molar-refractivity contribution in [3.63, 3.8) is 0 Å². The van der Waals surface area contributed by atoms with E-state index in [4.69, 9.17) is 9.47 Å². The van der Waals surface area contributed by atoms with Crippen LogP contribution in [0, 0.1) is 11.8 Å². The van der Waals surface area contributed by atoms with Crippen LogP contribution < -0.4 is 9.47 Å². The third-order valence-corrected chi connectivity index (χ3v) is 9.64. The normalized spacial score (nSPS) is 35.1. The number of aliphatic hydroxyl groups excluding tert-OH is 2. The van der Waals surface area contributed by atoms with Gasteiger partial charge in [0.2, 0.25) is 0 Å². The maximum absolute atomic E-state index is 10.3. The van der Waals surface area contributed by atoms with Crippen LogP contribution in [0.3, 0.4) is 0 Å².